The molecule has 1 aromatic rings. The van der Waals surface area contributed by atoms with Crippen molar-refractivity contribution in [1.82, 2.24) is 5.32 Å². The predicted molar refractivity (Wildman–Crippen MR) is 72.9 cm³/mol. The Morgan fingerprint density at radius 2 is 1.86 bits per heavy atom. The van der Waals surface area contributed by atoms with Gasteiger partial charge in [0.25, 0.3) is 0 Å². The number of benzene rings is 1. The Bertz CT molecular complexity index is 543. The van der Waals surface area contributed by atoms with E-state index < -0.39 is 41.2 Å². The maximum absolute atomic E-state index is 13.3. The molecule has 0 saturated heterocycles. The molecule has 3 N–H and O–H groups in total. The van der Waals surface area contributed by atoms with Crippen molar-refractivity contribution in [1.29, 1.82) is 0 Å². The van der Waals surface area contributed by atoms with Crippen LogP contribution in [0.25, 0.3) is 0 Å². The summed E-state index contributed by atoms with van der Waals surface area (Å²) in [6.07, 6.45) is 1.94. The molecule has 2 amide bonds. The number of thioether (sulfide) groups is 1. The monoisotopic (exact) mass is 322 g/mol. The van der Waals surface area contributed by atoms with Gasteiger partial charge in [0.05, 0.1) is 5.69 Å². The third kappa shape index (κ3) is 5.18. The van der Waals surface area contributed by atoms with Gasteiger partial charge in [0.2, 0.25) is 0 Å². The van der Waals surface area contributed by atoms with E-state index in [4.69, 9.17) is 5.11 Å². The van der Waals surface area contributed by atoms with Gasteiger partial charge >= 0.3 is 12.0 Å². The first-order chi connectivity index (χ1) is 9.85. The summed E-state index contributed by atoms with van der Waals surface area (Å²) in [5.41, 5.74) is -0.583. The first kappa shape index (κ1) is 17.2. The average Bonchev–Trinajstić information content (AvgIpc) is 2.40. The zero-order chi connectivity index (χ0) is 16.0. The molecule has 0 aliphatic heterocycles. The van der Waals surface area contributed by atoms with Crippen molar-refractivity contribution in [3.05, 3.63) is 29.6 Å². The summed E-state index contributed by atoms with van der Waals surface area (Å²) in [5, 5.41) is 13.0. The number of nitrogens with one attached hydrogen (secondary N) is 2. The predicted octanol–water partition coefficient (Wildman–Crippen LogP) is 2.43. The van der Waals surface area contributed by atoms with Gasteiger partial charge in [-0.15, -0.1) is 0 Å². The highest BCUT2D eigenvalue weighted by Gasteiger charge is 2.20. The smallest absolute Gasteiger partial charge is 0.326 e. The molecule has 0 saturated carbocycles. The normalized spacial score (nSPS) is 11.8. The van der Waals surface area contributed by atoms with E-state index in [1.165, 1.54) is 11.8 Å². The van der Waals surface area contributed by atoms with Gasteiger partial charge in [0, 0.05) is 12.1 Å². The van der Waals surface area contributed by atoms with Crippen LogP contribution in [0.1, 0.15) is 6.42 Å². The number of anilines is 1. The molecule has 116 valence electrons. The second-order valence-electron chi connectivity index (χ2n) is 4.02. The van der Waals surface area contributed by atoms with E-state index in [9.17, 15) is 22.8 Å². The number of hydrogen-bond donors (Lipinski definition) is 3. The van der Waals surface area contributed by atoms with Crippen molar-refractivity contribution >= 4 is 29.4 Å². The summed E-state index contributed by atoms with van der Waals surface area (Å²) in [6, 6.07) is -1.42. The fourth-order valence-electron chi connectivity index (χ4n) is 1.43. The van der Waals surface area contributed by atoms with Crippen LogP contribution in [-0.2, 0) is 4.79 Å². The summed E-state index contributed by atoms with van der Waals surface area (Å²) >= 11 is 1.40. The number of amides is 2. The SMILES string of the molecule is CSCCC(NC(=O)Nc1cc(F)c(F)cc1F)C(=O)O. The van der Waals surface area contributed by atoms with Crippen molar-refractivity contribution in [2.24, 2.45) is 0 Å². The van der Waals surface area contributed by atoms with E-state index >= 15 is 0 Å². The molecule has 1 aromatic carbocycles. The lowest BCUT2D eigenvalue weighted by atomic mass is 10.2. The van der Waals surface area contributed by atoms with Gasteiger partial charge in [-0.25, -0.2) is 22.8 Å². The lowest BCUT2D eigenvalue weighted by molar-refractivity contribution is -0.139. The molecule has 0 aliphatic carbocycles. The molecule has 0 aromatic heterocycles. The topological polar surface area (TPSA) is 78.4 Å². The van der Waals surface area contributed by atoms with E-state index in [1.54, 1.807) is 6.26 Å². The van der Waals surface area contributed by atoms with Crippen molar-refractivity contribution < 1.29 is 27.9 Å². The highest BCUT2D eigenvalue weighted by Crippen LogP contribution is 2.18. The van der Waals surface area contributed by atoms with E-state index in [0.29, 0.717) is 11.8 Å². The number of carbonyl (C=O) groups is 2. The summed E-state index contributed by atoms with van der Waals surface area (Å²) in [7, 11) is 0. The second kappa shape index (κ2) is 7.77. The van der Waals surface area contributed by atoms with Gasteiger partial charge in [-0.2, -0.15) is 11.8 Å². The lowest BCUT2D eigenvalue weighted by Crippen LogP contribution is -2.43. The van der Waals surface area contributed by atoms with Crippen LogP contribution in [0.15, 0.2) is 12.1 Å². The first-order valence-corrected chi connectivity index (χ1v) is 7.18. The average molecular weight is 322 g/mol. The van der Waals surface area contributed by atoms with Crippen molar-refractivity contribution in [3.8, 4) is 0 Å². The molecule has 1 unspecified atom stereocenters. The maximum Gasteiger partial charge on any atom is 0.326 e. The summed E-state index contributed by atoms with van der Waals surface area (Å²) in [5.74, 6) is -4.63. The molecule has 0 radical (unpaired) electrons. The highest BCUT2D eigenvalue weighted by atomic mass is 32.2. The molecule has 0 bridgehead atoms. The van der Waals surface area contributed by atoms with Crippen LogP contribution in [0.3, 0.4) is 0 Å². The van der Waals surface area contributed by atoms with Gasteiger partial charge in [-0.1, -0.05) is 0 Å². The molecule has 1 atom stereocenters. The second-order valence-corrected chi connectivity index (χ2v) is 5.00. The van der Waals surface area contributed by atoms with E-state index in [1.807, 2.05) is 5.32 Å². The van der Waals surface area contributed by atoms with Gasteiger partial charge in [-0.3, -0.25) is 0 Å². The Hall–Kier alpha value is -1.90. The molecule has 0 heterocycles. The van der Waals surface area contributed by atoms with Crippen LogP contribution in [0.2, 0.25) is 0 Å². The fraction of sp³-hybridized carbons (Fsp3) is 0.333. The zero-order valence-corrected chi connectivity index (χ0v) is 11.8. The number of carboxylic acids is 1. The Labute approximate surface area is 122 Å². The van der Waals surface area contributed by atoms with E-state index in [2.05, 4.69) is 5.32 Å². The summed E-state index contributed by atoms with van der Waals surface area (Å²) < 4.78 is 39.0. The van der Waals surface area contributed by atoms with E-state index in [0.717, 1.165) is 0 Å². The van der Waals surface area contributed by atoms with Crippen molar-refractivity contribution in [2.45, 2.75) is 12.5 Å². The molecule has 9 heteroatoms. The molecule has 21 heavy (non-hydrogen) atoms. The lowest BCUT2D eigenvalue weighted by Gasteiger charge is -2.15. The summed E-state index contributed by atoms with van der Waals surface area (Å²) in [6.45, 7) is 0. The minimum absolute atomic E-state index is 0.171. The van der Waals surface area contributed by atoms with Crippen LogP contribution in [0, 0.1) is 17.5 Å². The Morgan fingerprint density at radius 3 is 2.43 bits per heavy atom. The van der Waals surface area contributed by atoms with Gasteiger partial charge < -0.3 is 15.7 Å². The maximum atomic E-state index is 13.3. The van der Waals surface area contributed by atoms with Crippen molar-refractivity contribution in [2.75, 3.05) is 17.3 Å². The van der Waals surface area contributed by atoms with Gasteiger partial charge in [-0.05, 0) is 18.4 Å². The van der Waals surface area contributed by atoms with Crippen LogP contribution >= 0.6 is 11.8 Å². The number of rotatable bonds is 6. The molecule has 0 fully saturated rings. The van der Waals surface area contributed by atoms with Gasteiger partial charge in [0.15, 0.2) is 11.6 Å². The number of carbonyl (C=O) groups excluding carboxylic acids is 1. The first-order valence-electron chi connectivity index (χ1n) is 5.79. The highest BCUT2D eigenvalue weighted by molar-refractivity contribution is 7.98. The summed E-state index contributed by atoms with van der Waals surface area (Å²) in [4.78, 5) is 22.5. The molecule has 5 nitrogen and oxygen atoms in total. The third-order valence-corrected chi connectivity index (χ3v) is 3.12. The number of carboxylic acid groups (broad SMARTS) is 1. The Balaban J connectivity index is 2.72. The van der Waals surface area contributed by atoms with Crippen LogP contribution < -0.4 is 10.6 Å². The number of hydrogen-bond acceptors (Lipinski definition) is 3. The molecule has 0 aliphatic rings. The van der Waals surface area contributed by atoms with E-state index in [-0.39, 0.29) is 12.5 Å². The van der Waals surface area contributed by atoms with Crippen LogP contribution in [0.4, 0.5) is 23.7 Å². The zero-order valence-electron chi connectivity index (χ0n) is 11.0. The quantitative estimate of drug-likeness (QED) is 0.703. The largest absolute Gasteiger partial charge is 0.480 e. The number of halogens is 3. The Kier molecular flexibility index (Phi) is 6.35. The molecular weight excluding hydrogens is 309 g/mol. The third-order valence-electron chi connectivity index (χ3n) is 2.47. The van der Waals surface area contributed by atoms with Gasteiger partial charge in [0.1, 0.15) is 11.9 Å². The molecule has 1 rings (SSSR count). The minimum atomic E-state index is -1.39. The number of aliphatic carboxylic acids is 1. The van der Waals surface area contributed by atoms with Crippen molar-refractivity contribution in [3.63, 3.8) is 0 Å². The standard InChI is InChI=1S/C12H13F3N2O3S/c1-21-3-2-9(11(18)19)16-12(20)17-10-5-7(14)6(13)4-8(10)15/h4-5,9H,2-3H2,1H3,(H,18,19)(H2,16,17,20). The minimum Gasteiger partial charge on any atom is -0.480 e. The fourth-order valence-corrected chi connectivity index (χ4v) is 1.90. The Morgan fingerprint density at radius 1 is 1.24 bits per heavy atom. The molecular formula is C12H13F3N2O3S. The number of urea groups is 1. The van der Waals surface area contributed by atoms with Crippen LogP contribution in [-0.4, -0.2) is 35.2 Å². The molecule has 0 spiro atoms. The van der Waals surface area contributed by atoms with Crippen LogP contribution in [0.5, 0.6) is 0 Å².